The van der Waals surface area contributed by atoms with Crippen LogP contribution < -0.4 is 4.74 Å². The number of ether oxygens (including phenoxy) is 1. The van der Waals surface area contributed by atoms with Gasteiger partial charge in [0.2, 0.25) is 5.91 Å². The Hall–Kier alpha value is -1.51. The molecule has 1 amide bonds. The van der Waals surface area contributed by atoms with E-state index in [1.54, 1.807) is 0 Å². The van der Waals surface area contributed by atoms with Gasteiger partial charge in [0, 0.05) is 19.0 Å². The first kappa shape index (κ1) is 13.5. The van der Waals surface area contributed by atoms with Crippen LogP contribution in [0.1, 0.15) is 32.1 Å². The van der Waals surface area contributed by atoms with Crippen molar-refractivity contribution < 1.29 is 9.53 Å². The Morgan fingerprint density at radius 2 is 1.80 bits per heavy atom. The number of carbonyl (C=O) groups excluding carboxylic acids is 1. The minimum atomic E-state index is 0.340. The van der Waals surface area contributed by atoms with Crippen molar-refractivity contribution in [3.63, 3.8) is 0 Å². The van der Waals surface area contributed by atoms with E-state index < -0.39 is 0 Å². The van der Waals surface area contributed by atoms with Crippen LogP contribution in [0.4, 0.5) is 0 Å². The molecule has 0 spiro atoms. The summed E-state index contributed by atoms with van der Waals surface area (Å²) in [4.78, 5) is 14.2. The lowest BCUT2D eigenvalue weighted by atomic mass is 9.83. The Morgan fingerprint density at radius 3 is 2.40 bits per heavy atom. The zero-order chi connectivity index (χ0) is 13.8. The second-order valence-corrected chi connectivity index (χ2v) is 6.02. The largest absolute Gasteiger partial charge is 0.493 e. The van der Waals surface area contributed by atoms with Crippen LogP contribution >= 0.6 is 0 Å². The molecular weight excluding hydrogens is 250 g/mol. The number of hydrogen-bond donors (Lipinski definition) is 0. The molecule has 0 radical (unpaired) electrons. The Balaban J connectivity index is 1.41. The van der Waals surface area contributed by atoms with Crippen LogP contribution in [-0.2, 0) is 4.79 Å². The van der Waals surface area contributed by atoms with E-state index in [1.807, 2.05) is 30.3 Å². The fourth-order valence-corrected chi connectivity index (χ4v) is 2.96. The molecule has 1 aliphatic carbocycles. The maximum absolute atomic E-state index is 12.2. The highest BCUT2D eigenvalue weighted by Gasteiger charge is 2.31. The Kier molecular flexibility index (Phi) is 4.24. The number of benzene rings is 1. The first-order valence-electron chi connectivity index (χ1n) is 7.79. The van der Waals surface area contributed by atoms with Gasteiger partial charge in [-0.05, 0) is 43.7 Å². The summed E-state index contributed by atoms with van der Waals surface area (Å²) < 4.78 is 5.82. The third-order valence-corrected chi connectivity index (χ3v) is 4.61. The second kappa shape index (κ2) is 6.29. The molecule has 1 aromatic rings. The highest BCUT2D eigenvalue weighted by molar-refractivity contribution is 5.79. The molecule has 0 N–H and O–H groups in total. The molecule has 2 fully saturated rings. The molecule has 1 aromatic carbocycles. The maximum atomic E-state index is 12.2. The van der Waals surface area contributed by atoms with Gasteiger partial charge >= 0.3 is 0 Å². The molecule has 0 atom stereocenters. The van der Waals surface area contributed by atoms with Gasteiger partial charge in [-0.1, -0.05) is 24.6 Å². The topological polar surface area (TPSA) is 29.5 Å². The van der Waals surface area contributed by atoms with Crippen LogP contribution in [0.3, 0.4) is 0 Å². The molecule has 3 nitrogen and oxygen atoms in total. The van der Waals surface area contributed by atoms with Crippen molar-refractivity contribution in [2.45, 2.75) is 32.1 Å². The summed E-state index contributed by atoms with van der Waals surface area (Å²) in [5.41, 5.74) is 0. The van der Waals surface area contributed by atoms with Crippen LogP contribution in [0.15, 0.2) is 30.3 Å². The Labute approximate surface area is 120 Å². The average Bonchev–Trinajstić information content (AvgIpc) is 2.45. The highest BCUT2D eigenvalue weighted by Crippen LogP contribution is 2.30. The number of likely N-dealkylation sites (tertiary alicyclic amines) is 1. The van der Waals surface area contributed by atoms with Crippen LogP contribution in [0.5, 0.6) is 5.75 Å². The lowest BCUT2D eigenvalue weighted by Gasteiger charge is -2.36. The number of nitrogens with zero attached hydrogens (tertiary/aromatic N) is 1. The maximum Gasteiger partial charge on any atom is 0.225 e. The van der Waals surface area contributed by atoms with Crippen LogP contribution in [0, 0.1) is 11.8 Å². The fraction of sp³-hybridized carbons (Fsp3) is 0.588. The van der Waals surface area contributed by atoms with Gasteiger partial charge in [-0.25, -0.2) is 0 Å². The van der Waals surface area contributed by atoms with Crippen molar-refractivity contribution in [2.75, 3.05) is 19.7 Å². The smallest absolute Gasteiger partial charge is 0.225 e. The first-order chi connectivity index (χ1) is 9.83. The van der Waals surface area contributed by atoms with Crippen molar-refractivity contribution >= 4 is 5.91 Å². The molecule has 0 unspecified atom stereocenters. The van der Waals surface area contributed by atoms with Crippen molar-refractivity contribution in [2.24, 2.45) is 11.8 Å². The normalized spacial score (nSPS) is 20.5. The zero-order valence-electron chi connectivity index (χ0n) is 12.0. The molecular formula is C17H23NO2. The third kappa shape index (κ3) is 3.14. The summed E-state index contributed by atoms with van der Waals surface area (Å²) in [5, 5.41) is 0. The van der Waals surface area contributed by atoms with Crippen LogP contribution in [0.2, 0.25) is 0 Å². The summed E-state index contributed by atoms with van der Waals surface area (Å²) in [6.45, 7) is 2.60. The van der Waals surface area contributed by atoms with Crippen molar-refractivity contribution in [3.8, 4) is 5.75 Å². The molecule has 108 valence electrons. The van der Waals surface area contributed by atoms with Crippen molar-refractivity contribution in [1.82, 2.24) is 4.90 Å². The summed E-state index contributed by atoms with van der Waals surface area (Å²) in [6.07, 6.45) is 5.60. The van der Waals surface area contributed by atoms with E-state index in [9.17, 15) is 4.79 Å². The molecule has 2 aliphatic rings. The molecule has 0 aromatic heterocycles. The lowest BCUT2D eigenvalue weighted by molar-refractivity contribution is -0.139. The predicted molar refractivity (Wildman–Crippen MR) is 78.6 cm³/mol. The zero-order valence-corrected chi connectivity index (χ0v) is 12.0. The highest BCUT2D eigenvalue weighted by atomic mass is 16.5. The molecule has 1 aliphatic heterocycles. The van der Waals surface area contributed by atoms with Crippen LogP contribution in [-0.4, -0.2) is 30.5 Å². The average molecular weight is 273 g/mol. The quantitative estimate of drug-likeness (QED) is 0.843. The summed E-state index contributed by atoms with van der Waals surface area (Å²) >= 11 is 0. The fourth-order valence-electron chi connectivity index (χ4n) is 2.96. The van der Waals surface area contributed by atoms with E-state index in [0.29, 0.717) is 17.7 Å². The summed E-state index contributed by atoms with van der Waals surface area (Å²) in [5.74, 6) is 2.27. The van der Waals surface area contributed by atoms with Gasteiger partial charge < -0.3 is 9.64 Å². The van der Waals surface area contributed by atoms with E-state index in [0.717, 1.165) is 51.1 Å². The monoisotopic (exact) mass is 273 g/mol. The number of carbonyl (C=O) groups is 1. The van der Waals surface area contributed by atoms with Gasteiger partial charge in [0.05, 0.1) is 6.61 Å². The molecule has 3 rings (SSSR count). The lowest BCUT2D eigenvalue weighted by Crippen LogP contribution is -2.44. The van der Waals surface area contributed by atoms with Gasteiger partial charge in [-0.15, -0.1) is 0 Å². The second-order valence-electron chi connectivity index (χ2n) is 6.02. The Bertz CT molecular complexity index is 434. The van der Waals surface area contributed by atoms with E-state index >= 15 is 0 Å². The number of piperidine rings is 1. The predicted octanol–water partition coefficient (Wildman–Crippen LogP) is 3.10. The van der Waals surface area contributed by atoms with Crippen LogP contribution in [0.25, 0.3) is 0 Å². The van der Waals surface area contributed by atoms with Crippen molar-refractivity contribution in [3.05, 3.63) is 30.3 Å². The number of amides is 1. The van der Waals surface area contributed by atoms with Gasteiger partial charge in [0.25, 0.3) is 0 Å². The minimum absolute atomic E-state index is 0.340. The molecule has 20 heavy (non-hydrogen) atoms. The molecule has 1 saturated carbocycles. The van der Waals surface area contributed by atoms with Gasteiger partial charge in [-0.3, -0.25) is 4.79 Å². The number of para-hydroxylation sites is 1. The molecule has 1 heterocycles. The SMILES string of the molecule is O=C(C1CCC1)N1CCC(COc2ccccc2)CC1. The molecule has 3 heteroatoms. The molecule has 1 saturated heterocycles. The Morgan fingerprint density at radius 1 is 1.10 bits per heavy atom. The first-order valence-corrected chi connectivity index (χ1v) is 7.79. The van der Waals surface area contributed by atoms with E-state index in [1.165, 1.54) is 6.42 Å². The number of hydrogen-bond acceptors (Lipinski definition) is 2. The van der Waals surface area contributed by atoms with Gasteiger partial charge in [0.1, 0.15) is 5.75 Å². The minimum Gasteiger partial charge on any atom is -0.493 e. The molecule has 0 bridgehead atoms. The standard InChI is InChI=1S/C17H23NO2/c19-17(15-5-4-6-15)18-11-9-14(10-12-18)13-20-16-7-2-1-3-8-16/h1-3,7-8,14-15H,4-6,9-13H2. The van der Waals surface area contributed by atoms with Gasteiger partial charge in [-0.2, -0.15) is 0 Å². The van der Waals surface area contributed by atoms with Gasteiger partial charge in [0.15, 0.2) is 0 Å². The van der Waals surface area contributed by atoms with E-state index in [4.69, 9.17) is 4.74 Å². The van der Waals surface area contributed by atoms with Crippen molar-refractivity contribution in [1.29, 1.82) is 0 Å². The summed E-state index contributed by atoms with van der Waals surface area (Å²) in [6, 6.07) is 9.98. The van der Waals surface area contributed by atoms with E-state index in [2.05, 4.69) is 4.90 Å². The third-order valence-electron chi connectivity index (χ3n) is 4.61. The summed E-state index contributed by atoms with van der Waals surface area (Å²) in [7, 11) is 0. The number of rotatable bonds is 4. The van der Waals surface area contributed by atoms with E-state index in [-0.39, 0.29) is 0 Å².